The molecule has 1 atom stereocenters. The molecule has 27 heavy (non-hydrogen) atoms. The molecule has 1 unspecified atom stereocenters. The van der Waals surface area contributed by atoms with Crippen LogP contribution in [0.4, 0.5) is 13.2 Å². The number of nitrogens with zero attached hydrogens (tertiary/aromatic N) is 3. The maximum atomic E-state index is 12.6. The summed E-state index contributed by atoms with van der Waals surface area (Å²) >= 11 is 1.03. The topological polar surface area (TPSA) is 61.8 Å². The Hall–Kier alpha value is -0.660. The molecule has 1 fully saturated rings. The molecule has 1 saturated heterocycles. The number of aliphatic imine (C=N–C) groups is 1. The summed E-state index contributed by atoms with van der Waals surface area (Å²) in [4.78, 5) is 10.6. The largest absolute Gasteiger partial charge is 0.434 e. The lowest BCUT2D eigenvalue weighted by Gasteiger charge is -2.31. The Bertz CT molecular complexity index is 579. The van der Waals surface area contributed by atoms with Crippen molar-refractivity contribution in [2.24, 2.45) is 4.99 Å². The van der Waals surface area contributed by atoms with E-state index in [0.29, 0.717) is 43.1 Å². The normalized spacial score (nSPS) is 17.3. The van der Waals surface area contributed by atoms with Crippen LogP contribution in [0.15, 0.2) is 10.4 Å². The number of ether oxygens (including phenoxy) is 1. The van der Waals surface area contributed by atoms with E-state index >= 15 is 0 Å². The minimum absolute atomic E-state index is 0. The Labute approximate surface area is 179 Å². The molecule has 1 aromatic heterocycles. The summed E-state index contributed by atoms with van der Waals surface area (Å²) in [5.74, 6) is 0.667. The van der Waals surface area contributed by atoms with Gasteiger partial charge in [0.25, 0.3) is 0 Å². The molecule has 0 aliphatic carbocycles. The van der Waals surface area contributed by atoms with Gasteiger partial charge in [0.2, 0.25) is 0 Å². The van der Waals surface area contributed by atoms with Crippen molar-refractivity contribution in [1.82, 2.24) is 20.5 Å². The monoisotopic (exact) mass is 521 g/mol. The summed E-state index contributed by atoms with van der Waals surface area (Å²) in [6.07, 6.45) is -3.96. The van der Waals surface area contributed by atoms with Crippen molar-refractivity contribution in [3.8, 4) is 0 Å². The zero-order valence-electron chi connectivity index (χ0n) is 15.5. The highest BCUT2D eigenvalue weighted by atomic mass is 127. The Morgan fingerprint density at radius 1 is 1.37 bits per heavy atom. The molecule has 1 aromatic rings. The molecular weight excluding hydrogens is 494 g/mol. The minimum atomic E-state index is -4.38. The second-order valence-electron chi connectivity index (χ2n) is 6.02. The third-order valence-corrected chi connectivity index (χ3v) is 4.91. The summed E-state index contributed by atoms with van der Waals surface area (Å²) in [5.41, 5.74) is -0.822. The Kier molecular flexibility index (Phi) is 10.9. The van der Waals surface area contributed by atoms with Gasteiger partial charge in [0.1, 0.15) is 0 Å². The quantitative estimate of drug-likeness (QED) is 0.328. The van der Waals surface area contributed by atoms with Crippen LogP contribution in [0.2, 0.25) is 0 Å². The summed E-state index contributed by atoms with van der Waals surface area (Å²) in [5, 5.41) is 7.83. The minimum Gasteiger partial charge on any atom is -0.379 e. The fourth-order valence-corrected chi connectivity index (χ4v) is 3.35. The van der Waals surface area contributed by atoms with Gasteiger partial charge in [-0.25, -0.2) is 4.98 Å². The number of alkyl halides is 3. The lowest BCUT2D eigenvalue weighted by molar-refractivity contribution is -0.140. The van der Waals surface area contributed by atoms with Gasteiger partial charge in [-0.2, -0.15) is 13.2 Å². The van der Waals surface area contributed by atoms with Gasteiger partial charge in [0.05, 0.1) is 24.8 Å². The highest BCUT2D eigenvalue weighted by Crippen LogP contribution is 2.29. The van der Waals surface area contributed by atoms with Crippen LogP contribution in [-0.4, -0.2) is 67.8 Å². The zero-order valence-corrected chi connectivity index (χ0v) is 18.7. The molecule has 2 N–H and O–H groups in total. The van der Waals surface area contributed by atoms with Crippen molar-refractivity contribution in [3.05, 3.63) is 16.1 Å². The highest BCUT2D eigenvalue weighted by molar-refractivity contribution is 14.0. The molecule has 2 rings (SSSR count). The van der Waals surface area contributed by atoms with Gasteiger partial charge in [-0.1, -0.05) is 0 Å². The highest BCUT2D eigenvalue weighted by Gasteiger charge is 2.33. The number of hydrogen-bond donors (Lipinski definition) is 2. The molecule has 0 bridgehead atoms. The molecule has 1 aliphatic rings. The Morgan fingerprint density at radius 3 is 2.67 bits per heavy atom. The number of halogens is 4. The first-order chi connectivity index (χ1) is 12.4. The molecule has 0 spiro atoms. The van der Waals surface area contributed by atoms with Gasteiger partial charge < -0.3 is 15.4 Å². The van der Waals surface area contributed by atoms with Crippen LogP contribution < -0.4 is 10.6 Å². The first kappa shape index (κ1) is 24.4. The molecule has 0 saturated carbocycles. The van der Waals surface area contributed by atoms with Gasteiger partial charge in [0, 0.05) is 44.0 Å². The van der Waals surface area contributed by atoms with E-state index in [1.165, 1.54) is 0 Å². The van der Waals surface area contributed by atoms with E-state index in [4.69, 9.17) is 4.74 Å². The van der Waals surface area contributed by atoms with Gasteiger partial charge in [-0.05, 0) is 13.8 Å². The lowest BCUT2D eigenvalue weighted by atomic mass is 10.2. The van der Waals surface area contributed by atoms with Crippen molar-refractivity contribution in [1.29, 1.82) is 0 Å². The van der Waals surface area contributed by atoms with E-state index in [1.54, 1.807) is 0 Å². The van der Waals surface area contributed by atoms with E-state index in [-0.39, 0.29) is 24.0 Å². The standard InChI is InChI=1S/C16H26F3N5OS.HI/c1-3-20-15(22-10-12(2)24-6-8-25-9-7-24)21-5-4-14-23-13(11-26-14)16(17,18)19;/h11-12H,3-10H2,1-2H3,(H2,20,21,22);1H. The number of aromatic nitrogens is 1. The van der Waals surface area contributed by atoms with Crippen LogP contribution in [-0.2, 0) is 17.3 Å². The predicted octanol–water partition coefficient (Wildman–Crippen LogP) is 2.60. The van der Waals surface area contributed by atoms with E-state index < -0.39 is 11.9 Å². The third-order valence-electron chi connectivity index (χ3n) is 4.00. The van der Waals surface area contributed by atoms with E-state index in [2.05, 4.69) is 32.4 Å². The van der Waals surface area contributed by atoms with Gasteiger partial charge in [-0.3, -0.25) is 9.89 Å². The van der Waals surface area contributed by atoms with Gasteiger partial charge in [0.15, 0.2) is 11.7 Å². The van der Waals surface area contributed by atoms with Crippen molar-refractivity contribution in [2.75, 3.05) is 45.9 Å². The molecular formula is C16H27F3IN5OS. The first-order valence-electron chi connectivity index (χ1n) is 8.75. The molecule has 2 heterocycles. The van der Waals surface area contributed by atoms with E-state index in [0.717, 1.165) is 43.0 Å². The van der Waals surface area contributed by atoms with Crippen LogP contribution in [0.1, 0.15) is 24.5 Å². The van der Waals surface area contributed by atoms with Crippen molar-refractivity contribution in [3.63, 3.8) is 0 Å². The van der Waals surface area contributed by atoms with E-state index in [1.807, 2.05) is 6.92 Å². The third kappa shape index (κ3) is 8.48. The summed E-state index contributed by atoms with van der Waals surface area (Å²) < 4.78 is 43.1. The van der Waals surface area contributed by atoms with Crippen LogP contribution in [0.5, 0.6) is 0 Å². The predicted molar refractivity (Wildman–Crippen MR) is 112 cm³/mol. The summed E-state index contributed by atoms with van der Waals surface area (Å²) in [6.45, 7) is 9.25. The van der Waals surface area contributed by atoms with Crippen molar-refractivity contribution >= 4 is 41.3 Å². The molecule has 0 aromatic carbocycles. The van der Waals surface area contributed by atoms with Gasteiger partial charge >= 0.3 is 6.18 Å². The molecule has 156 valence electrons. The Balaban J connectivity index is 0.00000364. The Morgan fingerprint density at radius 2 is 2.07 bits per heavy atom. The second-order valence-corrected chi connectivity index (χ2v) is 6.96. The van der Waals surface area contributed by atoms with Crippen LogP contribution in [0.25, 0.3) is 0 Å². The lowest BCUT2D eigenvalue weighted by Crippen LogP contribution is -2.44. The molecule has 11 heteroatoms. The molecule has 6 nitrogen and oxygen atoms in total. The van der Waals surface area contributed by atoms with E-state index in [9.17, 15) is 13.2 Å². The van der Waals surface area contributed by atoms with Crippen LogP contribution in [0.3, 0.4) is 0 Å². The maximum absolute atomic E-state index is 12.6. The number of nitrogens with one attached hydrogen (secondary N) is 2. The van der Waals surface area contributed by atoms with Crippen molar-refractivity contribution in [2.45, 2.75) is 32.5 Å². The number of thiazole rings is 1. The van der Waals surface area contributed by atoms with Crippen LogP contribution >= 0.6 is 35.3 Å². The average Bonchev–Trinajstić information content (AvgIpc) is 3.09. The second kappa shape index (κ2) is 12.0. The zero-order chi connectivity index (χ0) is 19.0. The van der Waals surface area contributed by atoms with Crippen LogP contribution in [0, 0.1) is 0 Å². The number of rotatable bonds is 7. The summed E-state index contributed by atoms with van der Waals surface area (Å²) in [7, 11) is 0. The first-order valence-corrected chi connectivity index (χ1v) is 9.63. The number of hydrogen-bond acceptors (Lipinski definition) is 5. The summed E-state index contributed by atoms with van der Waals surface area (Å²) in [6, 6.07) is 0.308. The smallest absolute Gasteiger partial charge is 0.379 e. The van der Waals surface area contributed by atoms with Gasteiger partial charge in [-0.15, -0.1) is 35.3 Å². The fourth-order valence-electron chi connectivity index (χ4n) is 2.54. The molecule has 0 radical (unpaired) electrons. The molecule has 0 amide bonds. The SMILES string of the molecule is CCNC(=NCC(C)N1CCOCC1)NCCc1nc(C(F)(F)F)cs1.I. The number of morpholine rings is 1. The maximum Gasteiger partial charge on any atom is 0.434 e. The average molecular weight is 521 g/mol. The fraction of sp³-hybridized carbons (Fsp3) is 0.750. The molecule has 1 aliphatic heterocycles. The number of guanidine groups is 1. The van der Waals surface area contributed by atoms with Crippen molar-refractivity contribution < 1.29 is 17.9 Å².